The monoisotopic (exact) mass is 857 g/mol. The number of rotatable bonds is 6. The van der Waals surface area contributed by atoms with Crippen molar-refractivity contribution < 1.29 is 18.0 Å². The Hall–Kier alpha value is -9.22. The van der Waals surface area contributed by atoms with Crippen LogP contribution in [-0.2, 0) is 4.74 Å². The van der Waals surface area contributed by atoms with Gasteiger partial charge in [-0.1, -0.05) is 78.9 Å². The molecule has 312 valence electrons. The van der Waals surface area contributed by atoms with Crippen molar-refractivity contribution in [1.82, 2.24) is 24.6 Å². The standard InChI is InChI=1S/C55H31N5O6/c61-40-30-46(65-43-21-8-4-16-35(40)43)50-48(45-29-33-15-3-6-19-41(33)64-45)47(34-23-25-60-24-11-9-18-39(34)60)49(44-22-10-12-26-63-44)53-54(50)56-51(36-27-32-14-2-7-20-42(32)66-55(36)62)52(57-53)38-28-31-13-1-5-17-37(31)58-59-38/h1-30,44H. The smallest absolute Gasteiger partial charge is 0.345 e. The summed E-state index contributed by atoms with van der Waals surface area (Å²) in [4.78, 5) is 39.8. The molecule has 0 spiro atoms. The van der Waals surface area contributed by atoms with Gasteiger partial charge in [-0.15, -0.1) is 10.2 Å². The highest BCUT2D eigenvalue weighted by Crippen LogP contribution is 2.52. The van der Waals surface area contributed by atoms with E-state index >= 15 is 0 Å². The second-order valence-electron chi connectivity index (χ2n) is 16.0. The summed E-state index contributed by atoms with van der Waals surface area (Å²) in [6.45, 7) is 0. The Labute approximate surface area is 372 Å². The second kappa shape index (κ2) is 14.7. The maximum absolute atomic E-state index is 14.4. The number of hydrogen-bond donors (Lipinski definition) is 0. The molecule has 0 saturated carbocycles. The van der Waals surface area contributed by atoms with E-state index in [-0.39, 0.29) is 28.1 Å². The maximum Gasteiger partial charge on any atom is 0.345 e. The molecule has 0 aliphatic carbocycles. The van der Waals surface area contributed by atoms with Gasteiger partial charge in [-0.25, -0.2) is 14.8 Å². The molecule has 11 nitrogen and oxygen atoms in total. The number of allylic oxidation sites excluding steroid dienone is 2. The van der Waals surface area contributed by atoms with Crippen molar-refractivity contribution in [2.45, 2.75) is 6.10 Å². The minimum atomic E-state index is -0.714. The third-order valence-corrected chi connectivity index (χ3v) is 12.2. The van der Waals surface area contributed by atoms with Crippen molar-refractivity contribution in [1.29, 1.82) is 0 Å². The SMILES string of the molecule is O=c1oc2ccccc2cc1-c1nc2c(-c3cc(=O)c4ccccc4o3)c(-c3cc4ccccc4o3)c(-c3ccn4ccccc34)c(C3C=CC=CO3)c2nc1-c1cc2ccccc2nn1. The van der Waals surface area contributed by atoms with Gasteiger partial charge in [0.15, 0.2) is 5.43 Å². The van der Waals surface area contributed by atoms with Crippen molar-refractivity contribution in [3.8, 4) is 56.4 Å². The van der Waals surface area contributed by atoms with E-state index in [1.54, 1.807) is 36.6 Å². The topological polar surface area (TPSA) is 139 Å². The van der Waals surface area contributed by atoms with E-state index in [1.807, 2.05) is 144 Å². The minimum Gasteiger partial charge on any atom is -0.489 e. The summed E-state index contributed by atoms with van der Waals surface area (Å²) in [5.74, 6) is 0.684. The highest BCUT2D eigenvalue weighted by molar-refractivity contribution is 6.12. The van der Waals surface area contributed by atoms with Crippen LogP contribution in [-0.4, -0.2) is 24.6 Å². The lowest BCUT2D eigenvalue weighted by Gasteiger charge is -2.25. The number of nitrogens with zero attached hydrogens (tertiary/aromatic N) is 5. The van der Waals surface area contributed by atoms with Gasteiger partial charge >= 0.3 is 5.63 Å². The van der Waals surface area contributed by atoms with Gasteiger partial charge in [0.25, 0.3) is 0 Å². The third-order valence-electron chi connectivity index (χ3n) is 12.2. The molecule has 0 fully saturated rings. The summed E-state index contributed by atoms with van der Waals surface area (Å²) < 4.78 is 28.3. The highest BCUT2D eigenvalue weighted by atomic mass is 16.5. The Morgan fingerprint density at radius 1 is 0.530 bits per heavy atom. The molecule has 1 aliphatic heterocycles. The highest BCUT2D eigenvalue weighted by Gasteiger charge is 2.34. The average Bonchev–Trinajstić information content (AvgIpc) is 4.00. The summed E-state index contributed by atoms with van der Waals surface area (Å²) >= 11 is 0. The van der Waals surface area contributed by atoms with Gasteiger partial charge in [-0.3, -0.25) is 4.79 Å². The van der Waals surface area contributed by atoms with Crippen molar-refractivity contribution in [2.24, 2.45) is 0 Å². The maximum atomic E-state index is 14.4. The van der Waals surface area contributed by atoms with E-state index < -0.39 is 11.7 Å². The molecule has 0 amide bonds. The molecule has 1 atom stereocenters. The average molecular weight is 858 g/mol. The first-order valence-corrected chi connectivity index (χ1v) is 21.3. The van der Waals surface area contributed by atoms with E-state index in [2.05, 4.69) is 5.10 Å². The van der Waals surface area contributed by atoms with Gasteiger partial charge in [-0.05, 0) is 78.9 Å². The molecule has 0 bridgehead atoms. The molecule has 0 saturated heterocycles. The molecule has 8 heterocycles. The van der Waals surface area contributed by atoms with Crippen LogP contribution in [0.25, 0.3) is 117 Å². The van der Waals surface area contributed by atoms with Crippen LogP contribution in [0.3, 0.4) is 0 Å². The van der Waals surface area contributed by atoms with Crippen LogP contribution < -0.4 is 11.1 Å². The van der Waals surface area contributed by atoms with Crippen LogP contribution >= 0.6 is 0 Å². The fraction of sp³-hybridized carbons (Fsp3) is 0.0182. The molecule has 1 unspecified atom stereocenters. The van der Waals surface area contributed by atoms with E-state index in [4.69, 9.17) is 33.1 Å². The molecule has 1 aliphatic rings. The van der Waals surface area contributed by atoms with Gasteiger partial charge in [-0.2, -0.15) is 0 Å². The van der Waals surface area contributed by atoms with Crippen LogP contribution in [0.2, 0.25) is 0 Å². The molecule has 13 rings (SSSR count). The van der Waals surface area contributed by atoms with E-state index in [1.165, 1.54) is 6.07 Å². The summed E-state index contributed by atoms with van der Waals surface area (Å²) in [5, 5.41) is 12.1. The van der Waals surface area contributed by atoms with E-state index in [0.29, 0.717) is 77.8 Å². The first-order valence-electron chi connectivity index (χ1n) is 21.3. The van der Waals surface area contributed by atoms with Gasteiger partial charge < -0.3 is 22.4 Å². The molecular weight excluding hydrogens is 827 g/mol. The molecule has 0 radical (unpaired) electrons. The molecule has 0 N–H and O–H groups in total. The van der Waals surface area contributed by atoms with Gasteiger partial charge in [0.2, 0.25) is 0 Å². The van der Waals surface area contributed by atoms with Crippen LogP contribution in [0.5, 0.6) is 0 Å². The van der Waals surface area contributed by atoms with Crippen molar-refractivity contribution in [3.63, 3.8) is 0 Å². The number of aromatic nitrogens is 5. The van der Waals surface area contributed by atoms with Crippen molar-refractivity contribution >= 4 is 60.4 Å². The first kappa shape index (κ1) is 37.3. The number of para-hydroxylation sites is 3. The normalized spacial score (nSPS) is 13.7. The predicted octanol–water partition coefficient (Wildman–Crippen LogP) is 12.3. The van der Waals surface area contributed by atoms with Crippen LogP contribution in [0, 0.1) is 0 Å². The van der Waals surface area contributed by atoms with Gasteiger partial charge in [0, 0.05) is 56.9 Å². The lowest BCUT2D eigenvalue weighted by Crippen LogP contribution is -2.12. The number of ether oxygens (including phenoxy) is 1. The Bertz CT molecular complexity index is 4140. The third kappa shape index (κ3) is 5.91. The fourth-order valence-corrected chi connectivity index (χ4v) is 9.18. The van der Waals surface area contributed by atoms with Crippen molar-refractivity contribution in [2.75, 3.05) is 0 Å². The Kier molecular flexibility index (Phi) is 8.31. The summed E-state index contributed by atoms with van der Waals surface area (Å²) in [6.07, 6.45) is 10.6. The molecule has 12 aromatic rings. The number of benzene rings is 5. The van der Waals surface area contributed by atoms with Crippen LogP contribution in [0.1, 0.15) is 11.7 Å². The largest absolute Gasteiger partial charge is 0.489 e. The summed E-state index contributed by atoms with van der Waals surface area (Å²) in [7, 11) is 0. The van der Waals surface area contributed by atoms with Crippen LogP contribution in [0.15, 0.2) is 205 Å². The first-order chi connectivity index (χ1) is 32.5. The molecule has 11 heteroatoms. The van der Waals surface area contributed by atoms with Gasteiger partial charge in [0.05, 0.1) is 39.3 Å². The minimum absolute atomic E-state index is 0.144. The van der Waals surface area contributed by atoms with Gasteiger partial charge in [0.1, 0.15) is 57.0 Å². The Balaban J connectivity index is 1.28. The van der Waals surface area contributed by atoms with E-state index in [9.17, 15) is 9.59 Å². The second-order valence-corrected chi connectivity index (χ2v) is 16.0. The zero-order valence-electron chi connectivity index (χ0n) is 34.6. The molecule has 7 aromatic heterocycles. The number of fused-ring (bicyclic) bond motifs is 6. The lowest BCUT2D eigenvalue weighted by molar-refractivity contribution is 0.188. The molecule has 5 aromatic carbocycles. The zero-order valence-corrected chi connectivity index (χ0v) is 34.6. The zero-order chi connectivity index (χ0) is 43.9. The number of pyridine rings is 1. The predicted molar refractivity (Wildman–Crippen MR) is 255 cm³/mol. The van der Waals surface area contributed by atoms with E-state index in [0.717, 1.165) is 21.9 Å². The summed E-state index contributed by atoms with van der Waals surface area (Å²) in [6, 6.07) is 45.0. The fourth-order valence-electron chi connectivity index (χ4n) is 9.18. The Morgan fingerprint density at radius 3 is 2.08 bits per heavy atom. The lowest BCUT2D eigenvalue weighted by atomic mass is 9.84. The van der Waals surface area contributed by atoms with Crippen LogP contribution in [0.4, 0.5) is 0 Å². The number of hydrogen-bond acceptors (Lipinski definition) is 10. The quantitative estimate of drug-likeness (QED) is 0.148. The molecular formula is C55H31N5O6. The van der Waals surface area contributed by atoms with Crippen molar-refractivity contribution in [3.05, 3.63) is 209 Å². The summed E-state index contributed by atoms with van der Waals surface area (Å²) in [5.41, 5.74) is 6.93. The Morgan fingerprint density at radius 2 is 1.24 bits per heavy atom. The molecule has 66 heavy (non-hydrogen) atoms. The number of furan rings is 1.